The first kappa shape index (κ1) is 22.7. The fourth-order valence-corrected chi connectivity index (χ4v) is 3.03. The Balaban J connectivity index is 0.00000338. The molecule has 2 rings (SSSR count). The molecule has 1 aromatic rings. The summed E-state index contributed by atoms with van der Waals surface area (Å²) in [4.78, 5) is 17.9. The summed E-state index contributed by atoms with van der Waals surface area (Å²) >= 11 is 0. The molecule has 1 heterocycles. The van der Waals surface area contributed by atoms with Gasteiger partial charge in [0.1, 0.15) is 6.54 Å². The van der Waals surface area contributed by atoms with Crippen molar-refractivity contribution >= 4 is 35.8 Å². The number of aromatic nitrogens is 2. The van der Waals surface area contributed by atoms with E-state index in [1.165, 1.54) is 19.3 Å². The van der Waals surface area contributed by atoms with Gasteiger partial charge in [-0.2, -0.15) is 5.10 Å². The number of carbonyl (C=O) groups is 1. The summed E-state index contributed by atoms with van der Waals surface area (Å²) in [6.45, 7) is 4.12. The van der Waals surface area contributed by atoms with E-state index >= 15 is 0 Å². The maximum absolute atomic E-state index is 11.8. The first-order chi connectivity index (χ1) is 12.1. The number of nitrogens with one attached hydrogen (secondary N) is 2. The minimum Gasteiger partial charge on any atom is -0.356 e. The molecule has 0 radical (unpaired) electrons. The molecule has 1 aromatic heterocycles. The summed E-state index contributed by atoms with van der Waals surface area (Å²) in [5, 5.41) is 11.1. The standard InChI is InChI=1S/C18H32N6O.HI/c1-15-8-4-5-9-16(15)22-18(20-14-17(25)23(2)3)19-10-6-12-24-13-7-11-21-24;/h7,11,13,15-16H,4-6,8-10,12,14H2,1-3H3,(H2,19,20,22);1H. The third kappa shape index (κ3) is 7.92. The minimum absolute atomic E-state index is 0. The van der Waals surface area contributed by atoms with Gasteiger partial charge in [0.25, 0.3) is 0 Å². The van der Waals surface area contributed by atoms with Crippen LogP contribution in [0.2, 0.25) is 0 Å². The van der Waals surface area contributed by atoms with Crippen molar-refractivity contribution in [2.24, 2.45) is 10.9 Å². The van der Waals surface area contributed by atoms with E-state index in [1.54, 1.807) is 25.2 Å². The SMILES string of the molecule is CC1CCCCC1NC(=NCC(=O)N(C)C)NCCCn1cccn1.I. The van der Waals surface area contributed by atoms with Gasteiger partial charge in [0.15, 0.2) is 5.96 Å². The Morgan fingerprint density at radius 3 is 2.77 bits per heavy atom. The molecular weight excluding hydrogens is 443 g/mol. The minimum atomic E-state index is 0. The number of guanidine groups is 1. The van der Waals surface area contributed by atoms with Crippen LogP contribution in [0.25, 0.3) is 0 Å². The number of carbonyl (C=O) groups excluding carboxylic acids is 1. The number of aliphatic imine (C=N–C) groups is 1. The van der Waals surface area contributed by atoms with Gasteiger partial charge in [-0.15, -0.1) is 24.0 Å². The maximum Gasteiger partial charge on any atom is 0.243 e. The average Bonchev–Trinajstić information content (AvgIpc) is 3.11. The van der Waals surface area contributed by atoms with Crippen molar-refractivity contribution in [2.75, 3.05) is 27.2 Å². The highest BCUT2D eigenvalue weighted by Crippen LogP contribution is 2.23. The van der Waals surface area contributed by atoms with E-state index < -0.39 is 0 Å². The lowest BCUT2D eigenvalue weighted by Gasteiger charge is -2.31. The molecule has 0 saturated heterocycles. The molecule has 0 spiro atoms. The zero-order chi connectivity index (χ0) is 18.1. The monoisotopic (exact) mass is 476 g/mol. The molecule has 0 aromatic carbocycles. The van der Waals surface area contributed by atoms with E-state index in [1.807, 2.05) is 16.9 Å². The first-order valence-corrected chi connectivity index (χ1v) is 9.28. The highest BCUT2D eigenvalue weighted by molar-refractivity contribution is 14.0. The molecule has 8 heteroatoms. The van der Waals surface area contributed by atoms with Crippen LogP contribution in [-0.2, 0) is 11.3 Å². The van der Waals surface area contributed by atoms with E-state index in [4.69, 9.17) is 0 Å². The molecule has 2 atom stereocenters. The third-order valence-corrected chi connectivity index (χ3v) is 4.72. The van der Waals surface area contributed by atoms with E-state index in [0.29, 0.717) is 12.0 Å². The molecule has 2 N–H and O–H groups in total. The van der Waals surface area contributed by atoms with Gasteiger partial charge in [-0.05, 0) is 31.2 Å². The Morgan fingerprint density at radius 2 is 2.12 bits per heavy atom. The van der Waals surface area contributed by atoms with E-state index in [2.05, 4.69) is 27.6 Å². The summed E-state index contributed by atoms with van der Waals surface area (Å²) in [5.74, 6) is 1.39. The third-order valence-electron chi connectivity index (χ3n) is 4.72. The second kappa shape index (κ2) is 12.1. The number of aryl methyl sites for hydroxylation is 1. The van der Waals surface area contributed by atoms with Crippen LogP contribution in [0.4, 0.5) is 0 Å². The van der Waals surface area contributed by atoms with Crippen LogP contribution < -0.4 is 10.6 Å². The molecular formula is C18H33IN6O. The molecule has 2 unspecified atom stereocenters. The predicted octanol–water partition coefficient (Wildman–Crippen LogP) is 2.09. The van der Waals surface area contributed by atoms with E-state index in [-0.39, 0.29) is 36.4 Å². The normalized spacial score (nSPS) is 20.2. The van der Waals surface area contributed by atoms with Crippen molar-refractivity contribution in [3.8, 4) is 0 Å². The summed E-state index contributed by atoms with van der Waals surface area (Å²) in [6.07, 6.45) is 9.68. The van der Waals surface area contributed by atoms with Crippen molar-refractivity contribution in [1.29, 1.82) is 0 Å². The van der Waals surface area contributed by atoms with Gasteiger partial charge in [-0.25, -0.2) is 4.99 Å². The van der Waals surface area contributed by atoms with Crippen molar-refractivity contribution in [3.63, 3.8) is 0 Å². The largest absolute Gasteiger partial charge is 0.356 e. The quantitative estimate of drug-likeness (QED) is 0.274. The Morgan fingerprint density at radius 1 is 1.35 bits per heavy atom. The van der Waals surface area contributed by atoms with Crippen LogP contribution in [0.5, 0.6) is 0 Å². The number of rotatable bonds is 7. The second-order valence-electron chi connectivity index (χ2n) is 7.02. The molecule has 26 heavy (non-hydrogen) atoms. The molecule has 1 aliphatic rings. The molecule has 0 bridgehead atoms. The Labute approximate surface area is 174 Å². The van der Waals surface area contributed by atoms with Crippen LogP contribution in [-0.4, -0.2) is 59.8 Å². The first-order valence-electron chi connectivity index (χ1n) is 9.28. The summed E-state index contributed by atoms with van der Waals surface area (Å²) < 4.78 is 1.92. The van der Waals surface area contributed by atoms with Crippen LogP contribution in [0.1, 0.15) is 39.0 Å². The Hall–Kier alpha value is -1.32. The maximum atomic E-state index is 11.8. The molecule has 148 valence electrons. The van der Waals surface area contributed by atoms with Gasteiger partial charge in [-0.3, -0.25) is 9.48 Å². The van der Waals surface area contributed by atoms with Crippen LogP contribution in [0, 0.1) is 5.92 Å². The average molecular weight is 476 g/mol. The number of likely N-dealkylation sites (N-methyl/N-ethyl adjacent to an activating group) is 1. The Bertz CT molecular complexity index is 546. The van der Waals surface area contributed by atoms with E-state index in [0.717, 1.165) is 31.9 Å². The second-order valence-corrected chi connectivity index (χ2v) is 7.02. The van der Waals surface area contributed by atoms with Crippen molar-refractivity contribution in [2.45, 2.75) is 51.6 Å². The summed E-state index contributed by atoms with van der Waals surface area (Å²) in [5.41, 5.74) is 0. The topological polar surface area (TPSA) is 74.6 Å². The van der Waals surface area contributed by atoms with Crippen LogP contribution in [0.15, 0.2) is 23.5 Å². The fraction of sp³-hybridized carbons (Fsp3) is 0.722. The van der Waals surface area contributed by atoms with E-state index in [9.17, 15) is 4.79 Å². The number of nitrogens with zero attached hydrogens (tertiary/aromatic N) is 4. The highest BCUT2D eigenvalue weighted by Gasteiger charge is 2.22. The molecule has 0 aliphatic heterocycles. The lowest BCUT2D eigenvalue weighted by atomic mass is 9.86. The summed E-state index contributed by atoms with van der Waals surface area (Å²) in [7, 11) is 3.51. The van der Waals surface area contributed by atoms with Gasteiger partial charge in [0, 0.05) is 45.6 Å². The number of hydrogen-bond acceptors (Lipinski definition) is 3. The van der Waals surface area contributed by atoms with Crippen molar-refractivity contribution in [3.05, 3.63) is 18.5 Å². The molecule has 1 saturated carbocycles. The van der Waals surface area contributed by atoms with Crippen LogP contribution >= 0.6 is 24.0 Å². The highest BCUT2D eigenvalue weighted by atomic mass is 127. The Kier molecular flexibility index (Phi) is 10.6. The van der Waals surface area contributed by atoms with Gasteiger partial charge < -0.3 is 15.5 Å². The number of hydrogen-bond donors (Lipinski definition) is 2. The molecule has 1 amide bonds. The fourth-order valence-electron chi connectivity index (χ4n) is 3.03. The van der Waals surface area contributed by atoms with Crippen molar-refractivity contribution in [1.82, 2.24) is 25.3 Å². The molecule has 7 nitrogen and oxygen atoms in total. The molecule has 1 fully saturated rings. The van der Waals surface area contributed by atoms with Gasteiger partial charge in [0.2, 0.25) is 5.91 Å². The zero-order valence-corrected chi connectivity index (χ0v) is 18.5. The van der Waals surface area contributed by atoms with Gasteiger partial charge in [0.05, 0.1) is 0 Å². The van der Waals surface area contributed by atoms with Gasteiger partial charge >= 0.3 is 0 Å². The lowest BCUT2D eigenvalue weighted by Crippen LogP contribution is -2.47. The number of halogens is 1. The van der Waals surface area contributed by atoms with Crippen molar-refractivity contribution < 1.29 is 4.79 Å². The lowest BCUT2D eigenvalue weighted by molar-refractivity contribution is -0.127. The van der Waals surface area contributed by atoms with Gasteiger partial charge in [-0.1, -0.05) is 19.8 Å². The summed E-state index contributed by atoms with van der Waals surface area (Å²) in [6, 6.07) is 2.36. The molecule has 1 aliphatic carbocycles. The predicted molar refractivity (Wildman–Crippen MR) is 116 cm³/mol. The smallest absolute Gasteiger partial charge is 0.243 e. The number of amides is 1. The zero-order valence-electron chi connectivity index (χ0n) is 16.1. The van der Waals surface area contributed by atoms with Crippen LogP contribution in [0.3, 0.4) is 0 Å².